The molecule has 192 valence electrons. The predicted octanol–water partition coefficient (Wildman–Crippen LogP) is 7.32. The van der Waals surface area contributed by atoms with Crippen molar-refractivity contribution in [3.05, 3.63) is 11.6 Å². The number of rotatable bonds is 1. The number of aliphatic hydroxyl groups excluding tert-OH is 1. The molecular formula is C31H50O3. The molecule has 3 unspecified atom stereocenters. The Kier molecular flexibility index (Phi) is 5.38. The molecule has 0 aromatic carbocycles. The summed E-state index contributed by atoms with van der Waals surface area (Å²) in [6.45, 7) is 17.2. The Morgan fingerprint density at radius 2 is 1.59 bits per heavy atom. The maximum atomic E-state index is 13.3. The van der Waals surface area contributed by atoms with Gasteiger partial charge in [0.25, 0.3) is 0 Å². The summed E-state index contributed by atoms with van der Waals surface area (Å²) in [5, 5.41) is 10.9. The molecule has 0 amide bonds. The molecule has 0 radical (unpaired) electrons. The lowest BCUT2D eigenvalue weighted by atomic mass is 9.33. The van der Waals surface area contributed by atoms with Crippen LogP contribution < -0.4 is 0 Å². The average molecular weight is 471 g/mol. The van der Waals surface area contributed by atoms with Gasteiger partial charge < -0.3 is 9.84 Å². The van der Waals surface area contributed by atoms with E-state index < -0.39 is 0 Å². The third-order valence-corrected chi connectivity index (χ3v) is 13.2. The van der Waals surface area contributed by atoms with Gasteiger partial charge in [0.1, 0.15) is 0 Å². The summed E-state index contributed by atoms with van der Waals surface area (Å²) in [7, 11) is 1.59. The molecule has 1 N–H and O–H groups in total. The fourth-order valence-electron chi connectivity index (χ4n) is 10.8. The summed E-state index contributed by atoms with van der Waals surface area (Å²) in [5.41, 5.74) is 2.18. The average Bonchev–Trinajstić information content (AvgIpc) is 2.76. The van der Waals surface area contributed by atoms with E-state index in [4.69, 9.17) is 4.74 Å². The van der Waals surface area contributed by atoms with Crippen LogP contribution in [0.15, 0.2) is 11.6 Å². The highest BCUT2D eigenvalue weighted by Gasteiger charge is 2.69. The lowest BCUT2D eigenvalue weighted by molar-refractivity contribution is -0.206. The van der Waals surface area contributed by atoms with Crippen molar-refractivity contribution in [2.24, 2.45) is 50.2 Å². The van der Waals surface area contributed by atoms with Crippen molar-refractivity contribution in [3.63, 3.8) is 0 Å². The van der Waals surface area contributed by atoms with Crippen LogP contribution in [0.2, 0.25) is 0 Å². The van der Waals surface area contributed by atoms with Crippen molar-refractivity contribution in [2.45, 2.75) is 119 Å². The molecule has 5 rings (SSSR count). The van der Waals surface area contributed by atoms with E-state index >= 15 is 0 Å². The third kappa shape index (κ3) is 2.94. The fraction of sp³-hybridized carbons (Fsp3) is 0.903. The highest BCUT2D eigenvalue weighted by Crippen LogP contribution is 2.75. The molecule has 0 bridgehead atoms. The number of aliphatic hydroxyl groups is 1. The Morgan fingerprint density at radius 1 is 0.912 bits per heavy atom. The topological polar surface area (TPSA) is 46.5 Å². The Morgan fingerprint density at radius 3 is 2.26 bits per heavy atom. The summed E-state index contributed by atoms with van der Waals surface area (Å²) in [6.07, 6.45) is 13.4. The van der Waals surface area contributed by atoms with E-state index in [1.165, 1.54) is 12.8 Å². The molecule has 0 aromatic rings. The molecule has 5 aliphatic carbocycles. The Hall–Kier alpha value is -0.830. The van der Waals surface area contributed by atoms with Gasteiger partial charge in [0.05, 0.1) is 18.6 Å². The smallest absolute Gasteiger partial charge is 0.312 e. The van der Waals surface area contributed by atoms with Crippen molar-refractivity contribution < 1.29 is 14.6 Å². The van der Waals surface area contributed by atoms with Crippen molar-refractivity contribution >= 4 is 5.97 Å². The third-order valence-electron chi connectivity index (χ3n) is 13.2. The van der Waals surface area contributed by atoms with Gasteiger partial charge >= 0.3 is 5.97 Å². The minimum absolute atomic E-state index is 0.0147. The van der Waals surface area contributed by atoms with E-state index in [1.54, 1.807) is 12.7 Å². The van der Waals surface area contributed by atoms with Crippen molar-refractivity contribution in [1.82, 2.24) is 0 Å². The monoisotopic (exact) mass is 470 g/mol. The zero-order valence-electron chi connectivity index (χ0n) is 23.2. The van der Waals surface area contributed by atoms with Crippen LogP contribution in [0.4, 0.5) is 0 Å². The maximum absolute atomic E-state index is 13.3. The molecule has 8 atom stereocenters. The number of hydrogen-bond donors (Lipinski definition) is 1. The molecule has 0 heterocycles. The first kappa shape index (κ1) is 24.8. The molecule has 34 heavy (non-hydrogen) atoms. The number of allylic oxidation sites excluding steroid dienone is 2. The number of hydrogen-bond acceptors (Lipinski definition) is 3. The number of esters is 1. The van der Waals surface area contributed by atoms with Crippen LogP contribution in [0.3, 0.4) is 0 Å². The highest BCUT2D eigenvalue weighted by molar-refractivity contribution is 5.78. The number of fused-ring (bicyclic) bond motifs is 7. The first-order chi connectivity index (χ1) is 15.7. The second-order valence-corrected chi connectivity index (χ2v) is 15.2. The van der Waals surface area contributed by atoms with E-state index in [1.807, 2.05) is 0 Å². The SMILES string of the molecule is COC(=O)[C@]12CCC(C)(C)CC1C1=CCC3[C@@]4(C)CC[C@H](O)C(C)(C)C4CC[C@@]3(C)[C@]1(C)CC2. The molecule has 0 aliphatic heterocycles. The molecule has 3 nitrogen and oxygen atoms in total. The molecule has 0 saturated heterocycles. The lowest BCUT2D eigenvalue weighted by Gasteiger charge is -2.71. The largest absolute Gasteiger partial charge is 0.469 e. The van der Waals surface area contributed by atoms with E-state index in [9.17, 15) is 9.90 Å². The number of carbonyl (C=O) groups is 1. The first-order valence-corrected chi connectivity index (χ1v) is 14.2. The molecular weight excluding hydrogens is 420 g/mol. The fourth-order valence-corrected chi connectivity index (χ4v) is 10.8. The summed E-state index contributed by atoms with van der Waals surface area (Å²) in [4.78, 5) is 13.3. The van der Waals surface area contributed by atoms with Crippen LogP contribution in [-0.2, 0) is 9.53 Å². The van der Waals surface area contributed by atoms with Gasteiger partial charge in [-0.05, 0) is 109 Å². The van der Waals surface area contributed by atoms with Crippen molar-refractivity contribution in [3.8, 4) is 0 Å². The molecule has 0 aromatic heterocycles. The molecule has 4 saturated carbocycles. The zero-order valence-corrected chi connectivity index (χ0v) is 23.2. The number of carbonyl (C=O) groups excluding carboxylic acids is 1. The summed E-state index contributed by atoms with van der Waals surface area (Å²) in [5.74, 6) is 1.57. The second kappa shape index (κ2) is 7.36. The van der Waals surface area contributed by atoms with Crippen molar-refractivity contribution in [1.29, 1.82) is 0 Å². The van der Waals surface area contributed by atoms with E-state index in [-0.39, 0.29) is 44.6 Å². The summed E-state index contributed by atoms with van der Waals surface area (Å²) >= 11 is 0. The van der Waals surface area contributed by atoms with Gasteiger partial charge in [0, 0.05) is 0 Å². The van der Waals surface area contributed by atoms with Crippen LogP contribution in [0.25, 0.3) is 0 Å². The predicted molar refractivity (Wildman–Crippen MR) is 137 cm³/mol. The van der Waals surface area contributed by atoms with Crippen LogP contribution in [0, 0.1) is 50.2 Å². The van der Waals surface area contributed by atoms with Gasteiger partial charge in [-0.3, -0.25) is 4.79 Å². The van der Waals surface area contributed by atoms with Crippen LogP contribution >= 0.6 is 0 Å². The lowest BCUT2D eigenvalue weighted by Crippen LogP contribution is -2.65. The Balaban J connectivity index is 1.60. The molecule has 3 heteroatoms. The number of methoxy groups -OCH3 is 1. The first-order valence-electron chi connectivity index (χ1n) is 14.2. The second-order valence-electron chi connectivity index (χ2n) is 15.2. The van der Waals surface area contributed by atoms with Crippen LogP contribution in [0.1, 0.15) is 113 Å². The zero-order chi connectivity index (χ0) is 24.9. The van der Waals surface area contributed by atoms with Gasteiger partial charge in [-0.25, -0.2) is 0 Å². The van der Waals surface area contributed by atoms with E-state index in [2.05, 4.69) is 54.5 Å². The highest BCUT2D eigenvalue weighted by atomic mass is 16.5. The van der Waals surface area contributed by atoms with E-state index in [0.29, 0.717) is 17.8 Å². The van der Waals surface area contributed by atoms with Crippen LogP contribution in [-0.4, -0.2) is 24.3 Å². The molecule has 0 spiro atoms. The summed E-state index contributed by atoms with van der Waals surface area (Å²) < 4.78 is 5.49. The van der Waals surface area contributed by atoms with Gasteiger partial charge in [0.15, 0.2) is 0 Å². The van der Waals surface area contributed by atoms with Crippen molar-refractivity contribution in [2.75, 3.05) is 7.11 Å². The minimum Gasteiger partial charge on any atom is -0.469 e. The van der Waals surface area contributed by atoms with Gasteiger partial charge in [-0.2, -0.15) is 0 Å². The van der Waals surface area contributed by atoms with Gasteiger partial charge in [-0.1, -0.05) is 60.1 Å². The minimum atomic E-state index is -0.323. The van der Waals surface area contributed by atoms with Gasteiger partial charge in [-0.15, -0.1) is 0 Å². The van der Waals surface area contributed by atoms with Gasteiger partial charge in [0.2, 0.25) is 0 Å². The van der Waals surface area contributed by atoms with Crippen LogP contribution in [0.5, 0.6) is 0 Å². The van der Waals surface area contributed by atoms with E-state index in [0.717, 1.165) is 51.4 Å². The molecule has 4 fully saturated rings. The maximum Gasteiger partial charge on any atom is 0.312 e. The summed E-state index contributed by atoms with van der Waals surface area (Å²) in [6, 6.07) is 0. The number of ether oxygens (including phenoxy) is 1. The quantitative estimate of drug-likeness (QED) is 0.322. The normalized spacial score (nSPS) is 51.1. The standard InChI is InChI=1S/C31H50O3/c1-26(2)15-17-31(25(33)34-8)18-16-29(6)20(21(31)19-26)9-10-23-28(5)13-12-24(32)27(3,4)22(28)11-14-30(23,29)7/h9,21-24,32H,10-19H2,1-8H3/t21?,22?,23?,24-,28-,29+,30+,31-/m0/s1. The Labute approximate surface area is 208 Å². The molecule has 5 aliphatic rings. The Bertz CT molecular complexity index is 900.